The average Bonchev–Trinajstić information content (AvgIpc) is 2.69. The number of nitrogens with two attached hydrogens (primary N) is 1. The van der Waals surface area contributed by atoms with Crippen molar-refractivity contribution >= 4 is 5.91 Å². The molecule has 3 rings (SSSR count). The van der Waals surface area contributed by atoms with Crippen molar-refractivity contribution in [1.82, 2.24) is 4.90 Å². The maximum absolute atomic E-state index is 13.9. The van der Waals surface area contributed by atoms with Crippen molar-refractivity contribution in [2.45, 2.75) is 57.7 Å². The molecule has 1 aliphatic rings. The van der Waals surface area contributed by atoms with Crippen LogP contribution in [0.15, 0.2) is 48.5 Å². The summed E-state index contributed by atoms with van der Waals surface area (Å²) in [6.45, 7) is 2.24. The Bertz CT molecular complexity index is 788. The summed E-state index contributed by atoms with van der Waals surface area (Å²) >= 11 is 0. The van der Waals surface area contributed by atoms with E-state index in [2.05, 4.69) is 0 Å². The van der Waals surface area contributed by atoms with Crippen molar-refractivity contribution in [3.05, 3.63) is 71.3 Å². The molecule has 0 bridgehead atoms. The van der Waals surface area contributed by atoms with E-state index in [0.29, 0.717) is 18.5 Å². The molecule has 0 heterocycles. The third kappa shape index (κ3) is 5.16. The molecule has 0 radical (unpaired) electrons. The van der Waals surface area contributed by atoms with E-state index in [1.165, 1.54) is 6.07 Å². The summed E-state index contributed by atoms with van der Waals surface area (Å²) in [6.07, 6.45) is 3.88. The Balaban J connectivity index is 1.57. The smallest absolute Gasteiger partial charge is 0.219 e. The number of carbonyl (C=O) groups is 1. The molecule has 28 heavy (non-hydrogen) atoms. The maximum Gasteiger partial charge on any atom is 0.219 e. The van der Waals surface area contributed by atoms with Gasteiger partial charge in [-0.1, -0.05) is 30.3 Å². The van der Waals surface area contributed by atoms with Crippen LogP contribution in [0, 0.1) is 17.6 Å². The Labute approximate surface area is 165 Å². The van der Waals surface area contributed by atoms with Crippen LogP contribution in [0.4, 0.5) is 8.78 Å². The van der Waals surface area contributed by atoms with Gasteiger partial charge in [0.2, 0.25) is 5.91 Å². The molecule has 1 amide bonds. The highest BCUT2D eigenvalue weighted by molar-refractivity contribution is 5.73. The van der Waals surface area contributed by atoms with E-state index in [9.17, 15) is 13.6 Å². The van der Waals surface area contributed by atoms with Gasteiger partial charge in [0.1, 0.15) is 11.6 Å². The molecule has 0 unspecified atom stereocenters. The highest BCUT2D eigenvalue weighted by Gasteiger charge is 2.30. The lowest BCUT2D eigenvalue weighted by Gasteiger charge is -2.38. The van der Waals surface area contributed by atoms with Gasteiger partial charge in [0.05, 0.1) is 0 Å². The molecule has 2 N–H and O–H groups in total. The van der Waals surface area contributed by atoms with Crippen LogP contribution < -0.4 is 5.73 Å². The van der Waals surface area contributed by atoms with Crippen LogP contribution in [0.5, 0.6) is 0 Å². The topological polar surface area (TPSA) is 46.3 Å². The van der Waals surface area contributed by atoms with Gasteiger partial charge >= 0.3 is 0 Å². The van der Waals surface area contributed by atoms with E-state index < -0.39 is 11.6 Å². The van der Waals surface area contributed by atoms with Gasteiger partial charge in [-0.25, -0.2) is 8.78 Å². The Morgan fingerprint density at radius 1 is 1.11 bits per heavy atom. The quantitative estimate of drug-likeness (QED) is 0.798. The zero-order chi connectivity index (χ0) is 20.1. The van der Waals surface area contributed by atoms with Gasteiger partial charge in [-0.3, -0.25) is 4.79 Å². The summed E-state index contributed by atoms with van der Waals surface area (Å²) < 4.78 is 27.3. The minimum absolute atomic E-state index is 0.0819. The van der Waals surface area contributed by atoms with Crippen LogP contribution in [0.3, 0.4) is 0 Å². The van der Waals surface area contributed by atoms with E-state index in [1.54, 1.807) is 6.92 Å². The molecular formula is C23H28F2N2O. The van der Waals surface area contributed by atoms with Gasteiger partial charge in [-0.05, 0) is 67.3 Å². The first kappa shape index (κ1) is 20.5. The first-order chi connectivity index (χ1) is 13.4. The lowest BCUT2D eigenvalue weighted by atomic mass is 9.79. The van der Waals surface area contributed by atoms with Crippen LogP contribution in [-0.4, -0.2) is 22.9 Å². The molecule has 2 aromatic carbocycles. The predicted octanol–water partition coefficient (Wildman–Crippen LogP) is 4.44. The summed E-state index contributed by atoms with van der Waals surface area (Å²) in [5.41, 5.74) is 7.80. The zero-order valence-electron chi connectivity index (χ0n) is 16.3. The Morgan fingerprint density at radius 2 is 1.79 bits per heavy atom. The molecule has 1 saturated carbocycles. The zero-order valence-corrected chi connectivity index (χ0v) is 16.3. The molecule has 0 aromatic heterocycles. The van der Waals surface area contributed by atoms with Gasteiger partial charge in [0.15, 0.2) is 0 Å². The molecule has 0 spiro atoms. The summed E-state index contributed by atoms with van der Waals surface area (Å²) in [6, 6.07) is 13.5. The summed E-state index contributed by atoms with van der Waals surface area (Å²) in [5, 5.41) is 0. The predicted molar refractivity (Wildman–Crippen MR) is 106 cm³/mol. The lowest BCUT2D eigenvalue weighted by Crippen LogP contribution is -2.43. The van der Waals surface area contributed by atoms with Crippen molar-refractivity contribution in [3.8, 4) is 0 Å². The van der Waals surface area contributed by atoms with Gasteiger partial charge in [-0.15, -0.1) is 0 Å². The molecular weight excluding hydrogens is 358 g/mol. The Morgan fingerprint density at radius 3 is 2.43 bits per heavy atom. The fourth-order valence-electron chi connectivity index (χ4n) is 4.24. The molecule has 1 atom stereocenters. The van der Waals surface area contributed by atoms with Crippen LogP contribution in [0.25, 0.3) is 0 Å². The Hall–Kier alpha value is -2.27. The molecule has 3 nitrogen and oxygen atoms in total. The molecule has 2 aromatic rings. The normalized spacial score (nSPS) is 20.6. The van der Waals surface area contributed by atoms with Gasteiger partial charge < -0.3 is 10.6 Å². The lowest BCUT2D eigenvalue weighted by molar-refractivity contribution is -0.132. The van der Waals surface area contributed by atoms with Crippen molar-refractivity contribution < 1.29 is 13.6 Å². The van der Waals surface area contributed by atoms with E-state index in [0.717, 1.165) is 43.4 Å². The highest BCUT2D eigenvalue weighted by atomic mass is 19.1. The number of benzene rings is 2. The van der Waals surface area contributed by atoms with Crippen LogP contribution in [0.2, 0.25) is 0 Å². The van der Waals surface area contributed by atoms with Gasteiger partial charge in [0.25, 0.3) is 0 Å². The fraction of sp³-hybridized carbons (Fsp3) is 0.435. The van der Waals surface area contributed by atoms with Crippen LogP contribution >= 0.6 is 0 Å². The summed E-state index contributed by atoms with van der Waals surface area (Å²) in [4.78, 5) is 14.1. The minimum Gasteiger partial charge on any atom is -0.336 e. The number of hydrogen-bond acceptors (Lipinski definition) is 2. The fourth-order valence-corrected chi connectivity index (χ4v) is 4.24. The maximum atomic E-state index is 13.9. The largest absolute Gasteiger partial charge is 0.336 e. The average molecular weight is 386 g/mol. The van der Waals surface area contributed by atoms with Gasteiger partial charge in [-0.2, -0.15) is 0 Å². The monoisotopic (exact) mass is 386 g/mol. The number of halogens is 2. The van der Waals surface area contributed by atoms with E-state index in [4.69, 9.17) is 5.73 Å². The highest BCUT2D eigenvalue weighted by Crippen LogP contribution is 2.31. The first-order valence-corrected chi connectivity index (χ1v) is 9.94. The second-order valence-electron chi connectivity index (χ2n) is 7.80. The third-order valence-electron chi connectivity index (χ3n) is 5.85. The second-order valence-corrected chi connectivity index (χ2v) is 7.80. The minimum atomic E-state index is -0.440. The second kappa shape index (κ2) is 9.28. The summed E-state index contributed by atoms with van der Waals surface area (Å²) in [5.74, 6) is -0.510. The number of rotatable bonds is 6. The van der Waals surface area contributed by atoms with Gasteiger partial charge in [0, 0.05) is 25.6 Å². The molecule has 5 heteroatoms. The number of nitrogens with zero attached hydrogens (tertiary/aromatic N) is 1. The number of carbonyl (C=O) groups excluding carboxylic acids is 1. The standard InChI is InChI=1S/C23H28F2N2O/c1-16(28)27(15-17-5-3-2-4-6-17)21-10-7-18(8-11-21)23(26)14-19-13-20(24)9-12-22(19)25/h2-6,9,12-13,18,21,23H,7-8,10-11,14-15,26H2,1H3/t18?,21?,23-/m1/s1. The van der Waals surface area contributed by atoms with Crippen molar-refractivity contribution in [1.29, 1.82) is 0 Å². The molecule has 1 fully saturated rings. The Kier molecular flexibility index (Phi) is 6.79. The van der Waals surface area contributed by atoms with Crippen molar-refractivity contribution in [3.63, 3.8) is 0 Å². The number of hydrogen-bond donors (Lipinski definition) is 1. The van der Waals surface area contributed by atoms with Crippen molar-refractivity contribution in [2.75, 3.05) is 0 Å². The van der Waals surface area contributed by atoms with E-state index >= 15 is 0 Å². The molecule has 0 saturated heterocycles. The third-order valence-corrected chi connectivity index (χ3v) is 5.85. The van der Waals surface area contributed by atoms with Crippen LogP contribution in [0.1, 0.15) is 43.7 Å². The summed E-state index contributed by atoms with van der Waals surface area (Å²) in [7, 11) is 0. The molecule has 0 aliphatic heterocycles. The molecule has 1 aliphatic carbocycles. The number of amides is 1. The van der Waals surface area contributed by atoms with Crippen molar-refractivity contribution in [2.24, 2.45) is 11.7 Å². The van der Waals surface area contributed by atoms with E-state index in [-0.39, 0.29) is 23.9 Å². The first-order valence-electron chi connectivity index (χ1n) is 9.94. The van der Waals surface area contributed by atoms with Crippen LogP contribution in [-0.2, 0) is 17.8 Å². The molecule has 150 valence electrons. The SMILES string of the molecule is CC(=O)N(Cc1ccccc1)C1CCC([C@H](N)Cc2cc(F)ccc2F)CC1. The van der Waals surface area contributed by atoms with E-state index in [1.807, 2.05) is 35.2 Å².